The van der Waals surface area contributed by atoms with Gasteiger partial charge in [0.15, 0.2) is 17.4 Å². The fourth-order valence-electron chi connectivity index (χ4n) is 5.12. The Labute approximate surface area is 292 Å². The lowest BCUT2D eigenvalue weighted by atomic mass is 9.78. The molecule has 50 heavy (non-hydrogen) atoms. The first kappa shape index (κ1) is 37.6. The van der Waals surface area contributed by atoms with Crippen molar-refractivity contribution in [2.75, 3.05) is 25.1 Å². The molecule has 2 atom stereocenters. The maximum atomic E-state index is 15.3. The summed E-state index contributed by atoms with van der Waals surface area (Å²) in [7, 11) is 0.180. The maximum absolute atomic E-state index is 15.3. The van der Waals surface area contributed by atoms with E-state index in [1.165, 1.54) is 31.3 Å². The van der Waals surface area contributed by atoms with Crippen molar-refractivity contribution in [1.29, 1.82) is 0 Å². The maximum Gasteiger partial charge on any atom is 0.303 e. The van der Waals surface area contributed by atoms with Gasteiger partial charge in [0.05, 0.1) is 17.5 Å². The SMILES string of the molecule is CC/C(N)=C/C=NCCS(=O)CCC(C)(C(N)=NC(=NC)c1cc(Oc2cc3cc[nH]c3cc2F)ccc1F)c1cccc(CCC(=O)O)c1. The molecule has 2 unspecified atom stereocenters. The number of nitrogens with zero attached hydrogens (tertiary/aromatic N) is 3. The summed E-state index contributed by atoms with van der Waals surface area (Å²) < 4.78 is 49.0. The van der Waals surface area contributed by atoms with Gasteiger partial charge in [-0.15, -0.1) is 0 Å². The van der Waals surface area contributed by atoms with E-state index in [4.69, 9.17) is 16.2 Å². The minimum Gasteiger partial charge on any atom is -0.481 e. The molecule has 0 fully saturated rings. The van der Waals surface area contributed by atoms with Gasteiger partial charge in [-0.05, 0) is 73.7 Å². The highest BCUT2D eigenvalue weighted by molar-refractivity contribution is 7.85. The number of allylic oxidation sites excluding steroid dienone is 2. The van der Waals surface area contributed by atoms with Gasteiger partial charge in [0.2, 0.25) is 0 Å². The number of amidine groups is 2. The van der Waals surface area contributed by atoms with E-state index in [-0.39, 0.29) is 40.9 Å². The van der Waals surface area contributed by atoms with Gasteiger partial charge in [0.1, 0.15) is 17.4 Å². The van der Waals surface area contributed by atoms with Gasteiger partial charge in [-0.2, -0.15) is 0 Å². The highest BCUT2D eigenvalue weighted by atomic mass is 32.2. The van der Waals surface area contributed by atoms with E-state index in [9.17, 15) is 18.5 Å². The Bertz CT molecular complexity index is 1970. The number of carbonyl (C=O) groups is 1. The van der Waals surface area contributed by atoms with E-state index in [0.29, 0.717) is 42.8 Å². The van der Waals surface area contributed by atoms with Crippen LogP contribution < -0.4 is 16.2 Å². The Hall–Kier alpha value is -5.17. The minimum absolute atomic E-state index is 0.0205. The Kier molecular flexibility index (Phi) is 13.2. The van der Waals surface area contributed by atoms with E-state index >= 15 is 4.39 Å². The van der Waals surface area contributed by atoms with E-state index < -0.39 is 33.8 Å². The quantitative estimate of drug-likeness (QED) is 0.0777. The fourth-order valence-corrected chi connectivity index (χ4v) is 6.27. The number of nitrogens with one attached hydrogen (secondary N) is 1. The monoisotopic (exact) mass is 704 g/mol. The number of ether oxygens (including phenoxy) is 1. The Balaban J connectivity index is 1.63. The number of hydrogen-bond donors (Lipinski definition) is 4. The van der Waals surface area contributed by atoms with E-state index in [1.807, 2.05) is 32.0 Å². The van der Waals surface area contributed by atoms with Crippen molar-refractivity contribution in [1.82, 2.24) is 4.98 Å². The number of fused-ring (bicyclic) bond motifs is 1. The number of carboxylic acids is 1. The second kappa shape index (κ2) is 17.5. The molecule has 0 aliphatic rings. The van der Waals surface area contributed by atoms with Crippen LogP contribution in [-0.4, -0.2) is 63.3 Å². The van der Waals surface area contributed by atoms with Crippen molar-refractivity contribution in [3.05, 3.63) is 107 Å². The molecule has 0 aliphatic carbocycles. The van der Waals surface area contributed by atoms with Gasteiger partial charge in [0.25, 0.3) is 0 Å². The molecule has 0 saturated heterocycles. The third-order valence-electron chi connectivity index (χ3n) is 8.29. The number of hydrogen-bond acceptors (Lipinski definition) is 6. The smallest absolute Gasteiger partial charge is 0.303 e. The van der Waals surface area contributed by atoms with Crippen molar-refractivity contribution >= 4 is 45.6 Å². The predicted octanol–water partition coefficient (Wildman–Crippen LogP) is 6.41. The summed E-state index contributed by atoms with van der Waals surface area (Å²) in [5.41, 5.74) is 14.3. The third kappa shape index (κ3) is 9.94. The Morgan fingerprint density at radius 1 is 1.08 bits per heavy atom. The number of benzene rings is 3. The molecule has 264 valence electrons. The van der Waals surface area contributed by atoms with Crippen molar-refractivity contribution in [3.8, 4) is 11.5 Å². The molecule has 6 N–H and O–H groups in total. The number of nitrogens with two attached hydrogens (primary N) is 2. The van der Waals surface area contributed by atoms with Gasteiger partial charge < -0.3 is 26.3 Å². The molecule has 13 heteroatoms. The second-order valence-electron chi connectivity index (χ2n) is 11.8. The van der Waals surface area contributed by atoms with Crippen LogP contribution in [0.4, 0.5) is 8.78 Å². The number of halogens is 2. The molecule has 10 nitrogen and oxygen atoms in total. The van der Waals surface area contributed by atoms with E-state index in [2.05, 4.69) is 20.0 Å². The molecule has 0 bridgehead atoms. The number of H-pyrrole nitrogens is 1. The number of carboxylic acid groups (broad SMARTS) is 1. The molecule has 4 rings (SSSR count). The number of aliphatic imine (C=N–C) groups is 3. The van der Waals surface area contributed by atoms with Crippen LogP contribution in [0.2, 0.25) is 0 Å². The van der Waals surface area contributed by atoms with Gasteiger partial charge in [0, 0.05) is 70.9 Å². The second-order valence-corrected chi connectivity index (χ2v) is 13.5. The van der Waals surface area contributed by atoms with Crippen molar-refractivity contribution in [2.24, 2.45) is 26.4 Å². The first-order chi connectivity index (χ1) is 23.9. The van der Waals surface area contributed by atoms with Crippen LogP contribution in [0.1, 0.15) is 49.8 Å². The Morgan fingerprint density at radius 2 is 1.88 bits per heavy atom. The van der Waals surface area contributed by atoms with Gasteiger partial charge in [-0.3, -0.25) is 19.0 Å². The summed E-state index contributed by atoms with van der Waals surface area (Å²) in [5.74, 6) is -1.43. The van der Waals surface area contributed by atoms with Crippen LogP contribution in [0.3, 0.4) is 0 Å². The number of aryl methyl sites for hydroxylation is 1. The average molecular weight is 705 g/mol. The Morgan fingerprint density at radius 3 is 2.62 bits per heavy atom. The van der Waals surface area contributed by atoms with Crippen LogP contribution in [-0.2, 0) is 27.4 Å². The van der Waals surface area contributed by atoms with Crippen molar-refractivity contribution in [3.63, 3.8) is 0 Å². The summed E-state index contributed by atoms with van der Waals surface area (Å²) in [6, 6.07) is 15.9. The first-order valence-corrected chi connectivity index (χ1v) is 17.6. The van der Waals surface area contributed by atoms with Crippen molar-refractivity contribution < 1.29 is 27.6 Å². The first-order valence-electron chi connectivity index (χ1n) is 16.1. The summed E-state index contributed by atoms with van der Waals surface area (Å²) in [6.45, 7) is 4.13. The van der Waals surface area contributed by atoms with Crippen LogP contribution in [0.25, 0.3) is 10.9 Å². The summed E-state index contributed by atoms with van der Waals surface area (Å²) in [6.07, 6.45) is 6.26. The lowest BCUT2D eigenvalue weighted by Gasteiger charge is -2.30. The van der Waals surface area contributed by atoms with Crippen molar-refractivity contribution in [2.45, 2.75) is 44.9 Å². The highest BCUT2D eigenvalue weighted by Crippen LogP contribution is 2.32. The zero-order valence-electron chi connectivity index (χ0n) is 28.3. The number of aromatic nitrogens is 1. The standard InChI is InChI=1S/C37H42F2N6O4S/c1-4-27(40)13-15-43-17-19-50(48)18-14-37(2,26-7-5-6-24(20-26)8-11-34(46)47)36(41)45-35(42-3)29-22-28(9-10-30(29)38)49-33-21-25-12-16-44-32(25)23-31(33)39/h5-7,9-10,12-13,15-16,20-23,44H,4,8,11,14,17-19,40H2,1-3H3,(H,46,47)(H2,41,42,45)/b27-13-,43-15?. The fraction of sp³-hybridized carbons (Fsp3) is 0.297. The predicted molar refractivity (Wildman–Crippen MR) is 197 cm³/mol. The molecule has 0 spiro atoms. The molecule has 3 aromatic carbocycles. The van der Waals surface area contributed by atoms with E-state index in [1.54, 1.807) is 36.7 Å². The lowest BCUT2D eigenvalue weighted by molar-refractivity contribution is -0.136. The summed E-state index contributed by atoms with van der Waals surface area (Å²) in [4.78, 5) is 27.3. The third-order valence-corrected chi connectivity index (χ3v) is 9.58. The zero-order valence-corrected chi connectivity index (χ0v) is 29.1. The molecular formula is C37H42F2N6O4S. The molecule has 0 saturated carbocycles. The normalized spacial score (nSPS) is 14.6. The molecule has 4 aromatic rings. The molecule has 0 radical (unpaired) electrons. The number of aromatic amines is 1. The lowest BCUT2D eigenvalue weighted by Crippen LogP contribution is -2.41. The molecule has 1 heterocycles. The molecule has 0 amide bonds. The molecule has 0 aliphatic heterocycles. The largest absolute Gasteiger partial charge is 0.481 e. The van der Waals surface area contributed by atoms with Gasteiger partial charge in [-0.1, -0.05) is 31.2 Å². The highest BCUT2D eigenvalue weighted by Gasteiger charge is 2.33. The number of rotatable bonds is 16. The molecule has 1 aromatic heterocycles. The van der Waals surface area contributed by atoms with Gasteiger partial charge in [-0.25, -0.2) is 13.8 Å². The van der Waals surface area contributed by atoms with Crippen LogP contribution in [0.15, 0.2) is 93.6 Å². The van der Waals surface area contributed by atoms with E-state index in [0.717, 1.165) is 16.5 Å². The summed E-state index contributed by atoms with van der Waals surface area (Å²) >= 11 is 0. The van der Waals surface area contributed by atoms with Crippen LogP contribution in [0, 0.1) is 11.6 Å². The minimum atomic E-state index is -1.27. The van der Waals surface area contributed by atoms with Crippen LogP contribution >= 0.6 is 0 Å². The molecular weight excluding hydrogens is 663 g/mol. The zero-order chi connectivity index (χ0) is 36.3. The van der Waals surface area contributed by atoms with Crippen LogP contribution in [0.5, 0.6) is 11.5 Å². The number of aliphatic carboxylic acids is 1. The van der Waals surface area contributed by atoms with Gasteiger partial charge >= 0.3 is 5.97 Å². The summed E-state index contributed by atoms with van der Waals surface area (Å²) in [5, 5.41) is 9.96. The topological polar surface area (TPSA) is 169 Å². The average Bonchev–Trinajstić information content (AvgIpc) is 3.56.